The summed E-state index contributed by atoms with van der Waals surface area (Å²) in [5, 5.41) is 10.6. The zero-order chi connectivity index (χ0) is 16.0. The zero-order valence-electron chi connectivity index (χ0n) is 13.0. The fourth-order valence-corrected chi connectivity index (χ4v) is 2.22. The van der Waals surface area contributed by atoms with E-state index in [4.69, 9.17) is 4.74 Å². The van der Waals surface area contributed by atoms with Crippen molar-refractivity contribution in [1.82, 2.24) is 4.90 Å². The molecule has 0 aromatic heterocycles. The summed E-state index contributed by atoms with van der Waals surface area (Å²) in [5.41, 5.74) is 0.0194. The van der Waals surface area contributed by atoms with Gasteiger partial charge in [-0.05, 0) is 39.1 Å². The molecular formula is C15H22N2O4. The summed E-state index contributed by atoms with van der Waals surface area (Å²) < 4.78 is 5.33. The van der Waals surface area contributed by atoms with E-state index in [1.807, 2.05) is 13.8 Å². The van der Waals surface area contributed by atoms with Gasteiger partial charge >= 0.3 is 5.97 Å². The molecule has 0 radical (unpaired) electrons. The van der Waals surface area contributed by atoms with E-state index in [1.54, 1.807) is 0 Å². The third-order valence-corrected chi connectivity index (χ3v) is 3.49. The average Bonchev–Trinajstić information content (AvgIpc) is 2.46. The number of non-ortho nitro benzene ring substituents is 1. The molecule has 1 aromatic carbocycles. The maximum absolute atomic E-state index is 12.0. The van der Waals surface area contributed by atoms with Crippen LogP contribution in [0.15, 0.2) is 24.3 Å². The zero-order valence-corrected chi connectivity index (χ0v) is 13.0. The smallest absolute Gasteiger partial charge is 0.338 e. The maximum atomic E-state index is 12.0. The molecule has 0 spiro atoms. The van der Waals surface area contributed by atoms with E-state index in [9.17, 15) is 14.9 Å². The minimum atomic E-state index is -0.501. The van der Waals surface area contributed by atoms with Crippen molar-refractivity contribution in [2.75, 3.05) is 19.7 Å². The highest BCUT2D eigenvalue weighted by Gasteiger charge is 2.26. The van der Waals surface area contributed by atoms with Crippen LogP contribution in [0.3, 0.4) is 0 Å². The second kappa shape index (κ2) is 7.17. The molecule has 0 aliphatic heterocycles. The Morgan fingerprint density at radius 1 is 1.24 bits per heavy atom. The Balaban J connectivity index is 2.67. The molecule has 0 fully saturated rings. The van der Waals surface area contributed by atoms with Crippen LogP contribution in [0, 0.1) is 10.1 Å². The number of nitro benzene ring substituents is 1. The van der Waals surface area contributed by atoms with Crippen molar-refractivity contribution in [3.63, 3.8) is 0 Å². The fraction of sp³-hybridized carbons (Fsp3) is 0.533. The highest BCUT2D eigenvalue weighted by Crippen LogP contribution is 2.16. The molecule has 0 saturated heterocycles. The lowest BCUT2D eigenvalue weighted by Crippen LogP contribution is -2.47. The van der Waals surface area contributed by atoms with Crippen LogP contribution in [-0.4, -0.2) is 41.0 Å². The number of nitrogens with zero attached hydrogens (tertiary/aromatic N) is 2. The van der Waals surface area contributed by atoms with Crippen molar-refractivity contribution in [3.05, 3.63) is 39.9 Å². The predicted octanol–water partition coefficient (Wildman–Crippen LogP) is 2.87. The lowest BCUT2D eigenvalue weighted by molar-refractivity contribution is -0.384. The van der Waals surface area contributed by atoms with E-state index in [0.29, 0.717) is 5.56 Å². The number of ether oxygens (including phenoxy) is 1. The van der Waals surface area contributed by atoms with Gasteiger partial charge in [0.15, 0.2) is 0 Å². The summed E-state index contributed by atoms with van der Waals surface area (Å²) >= 11 is 0. The molecule has 0 heterocycles. The van der Waals surface area contributed by atoms with Crippen molar-refractivity contribution < 1.29 is 14.5 Å². The number of nitro groups is 1. The molecule has 1 rings (SSSR count). The molecule has 6 heteroatoms. The van der Waals surface area contributed by atoms with Crippen LogP contribution < -0.4 is 0 Å². The molecule has 0 unspecified atom stereocenters. The highest BCUT2D eigenvalue weighted by molar-refractivity contribution is 5.89. The molecule has 6 nitrogen and oxygen atoms in total. The van der Waals surface area contributed by atoms with Gasteiger partial charge in [0, 0.05) is 17.7 Å². The van der Waals surface area contributed by atoms with Gasteiger partial charge in [0.25, 0.3) is 5.69 Å². The van der Waals surface area contributed by atoms with Crippen LogP contribution in [-0.2, 0) is 4.74 Å². The Morgan fingerprint density at radius 3 is 2.19 bits per heavy atom. The van der Waals surface area contributed by atoms with E-state index in [2.05, 4.69) is 18.7 Å². The van der Waals surface area contributed by atoms with E-state index in [0.717, 1.165) is 13.1 Å². The molecule has 0 saturated carbocycles. The van der Waals surface area contributed by atoms with Gasteiger partial charge in [-0.25, -0.2) is 4.79 Å². The second-order valence-electron chi connectivity index (χ2n) is 5.36. The largest absolute Gasteiger partial charge is 0.460 e. The van der Waals surface area contributed by atoms with Crippen LogP contribution in [0.1, 0.15) is 38.1 Å². The number of carbonyl (C=O) groups excluding carboxylic acids is 1. The number of rotatable bonds is 7. The van der Waals surface area contributed by atoms with Gasteiger partial charge in [-0.3, -0.25) is 15.0 Å². The van der Waals surface area contributed by atoms with E-state index >= 15 is 0 Å². The predicted molar refractivity (Wildman–Crippen MR) is 80.4 cm³/mol. The van der Waals surface area contributed by atoms with Crippen LogP contribution >= 0.6 is 0 Å². The number of likely N-dealkylation sites (N-methyl/N-ethyl adjacent to an activating group) is 1. The second-order valence-corrected chi connectivity index (χ2v) is 5.36. The SMILES string of the molecule is CCN(CC)C(C)(C)COC(=O)c1ccc([N+](=O)[O-])cc1. The van der Waals surface area contributed by atoms with E-state index in [1.165, 1.54) is 24.3 Å². The molecule has 0 aliphatic rings. The van der Waals surface area contributed by atoms with Gasteiger partial charge in [0.2, 0.25) is 0 Å². The summed E-state index contributed by atoms with van der Waals surface area (Å²) in [5.74, 6) is -0.467. The first kappa shape index (κ1) is 17.1. The molecule has 0 N–H and O–H groups in total. The molecule has 116 valence electrons. The summed E-state index contributed by atoms with van der Waals surface area (Å²) in [6.07, 6.45) is 0. The Hall–Kier alpha value is -1.95. The molecule has 21 heavy (non-hydrogen) atoms. The monoisotopic (exact) mass is 294 g/mol. The highest BCUT2D eigenvalue weighted by atomic mass is 16.6. The Bertz CT molecular complexity index is 493. The number of esters is 1. The van der Waals surface area contributed by atoms with Gasteiger partial charge in [-0.15, -0.1) is 0 Å². The summed E-state index contributed by atoms with van der Waals surface area (Å²) in [7, 11) is 0. The summed E-state index contributed by atoms with van der Waals surface area (Å²) in [6.45, 7) is 10.2. The fourth-order valence-electron chi connectivity index (χ4n) is 2.22. The molecule has 0 bridgehead atoms. The van der Waals surface area contributed by atoms with Gasteiger partial charge in [-0.1, -0.05) is 13.8 Å². The Kier molecular flexibility index (Phi) is 5.84. The molecule has 0 atom stereocenters. The number of hydrogen-bond acceptors (Lipinski definition) is 5. The summed E-state index contributed by atoms with van der Waals surface area (Å²) in [6, 6.07) is 5.41. The Labute approximate surface area is 124 Å². The van der Waals surface area contributed by atoms with Crippen molar-refractivity contribution in [2.45, 2.75) is 33.2 Å². The van der Waals surface area contributed by atoms with E-state index in [-0.39, 0.29) is 17.8 Å². The topological polar surface area (TPSA) is 72.7 Å². The van der Waals surface area contributed by atoms with Crippen molar-refractivity contribution >= 4 is 11.7 Å². The normalized spacial score (nSPS) is 11.5. The molecule has 0 amide bonds. The number of benzene rings is 1. The average molecular weight is 294 g/mol. The van der Waals surface area contributed by atoms with E-state index < -0.39 is 10.9 Å². The first-order chi connectivity index (χ1) is 9.81. The van der Waals surface area contributed by atoms with Crippen molar-refractivity contribution in [3.8, 4) is 0 Å². The lowest BCUT2D eigenvalue weighted by Gasteiger charge is -2.36. The van der Waals surface area contributed by atoms with Gasteiger partial charge < -0.3 is 4.74 Å². The van der Waals surface area contributed by atoms with Crippen LogP contribution in [0.25, 0.3) is 0 Å². The third kappa shape index (κ3) is 4.53. The Morgan fingerprint density at radius 2 is 1.76 bits per heavy atom. The standard InChI is InChI=1S/C15H22N2O4/c1-5-16(6-2)15(3,4)11-21-14(18)12-7-9-13(10-8-12)17(19)20/h7-10H,5-6,11H2,1-4H3. The number of hydrogen-bond donors (Lipinski definition) is 0. The van der Waals surface area contributed by atoms with Crippen LogP contribution in [0.2, 0.25) is 0 Å². The van der Waals surface area contributed by atoms with Crippen LogP contribution in [0.4, 0.5) is 5.69 Å². The van der Waals surface area contributed by atoms with Gasteiger partial charge in [0.1, 0.15) is 6.61 Å². The minimum Gasteiger partial charge on any atom is -0.460 e. The minimum absolute atomic E-state index is 0.0463. The summed E-state index contributed by atoms with van der Waals surface area (Å²) in [4.78, 5) is 24.2. The maximum Gasteiger partial charge on any atom is 0.338 e. The first-order valence-electron chi connectivity index (χ1n) is 6.98. The third-order valence-electron chi connectivity index (χ3n) is 3.49. The van der Waals surface area contributed by atoms with Gasteiger partial charge in [-0.2, -0.15) is 0 Å². The van der Waals surface area contributed by atoms with Crippen LogP contribution in [0.5, 0.6) is 0 Å². The first-order valence-corrected chi connectivity index (χ1v) is 6.98. The molecule has 1 aromatic rings. The number of carbonyl (C=O) groups is 1. The quantitative estimate of drug-likeness (QED) is 0.439. The van der Waals surface area contributed by atoms with Crippen molar-refractivity contribution in [2.24, 2.45) is 0 Å². The van der Waals surface area contributed by atoms with Gasteiger partial charge in [0.05, 0.1) is 10.5 Å². The molecular weight excluding hydrogens is 272 g/mol. The van der Waals surface area contributed by atoms with Crippen molar-refractivity contribution in [1.29, 1.82) is 0 Å². The lowest BCUT2D eigenvalue weighted by atomic mass is 10.0. The molecule has 0 aliphatic carbocycles.